The van der Waals surface area contributed by atoms with Gasteiger partial charge in [-0.2, -0.15) is 0 Å². The average molecular weight is 409 g/mol. The third kappa shape index (κ3) is 3.34. The molecule has 5 rings (SSSR count). The molecule has 1 atom stereocenters. The molecule has 0 bridgehead atoms. The molecular weight excluding hydrogens is 389 g/mol. The standard InChI is InChI=1S/C26H20NO2P/c28-30(27(16-17-29-30)25-14-8-3-9-15-25)26-19-23(21-10-4-1-5-11-21)18-24(20-26)22-12-6-2-7-13-22/h1-20H. The van der Waals surface area contributed by atoms with Crippen LogP contribution in [0.5, 0.6) is 0 Å². The Morgan fingerprint density at radius 3 is 1.63 bits per heavy atom. The van der Waals surface area contributed by atoms with Gasteiger partial charge in [0.25, 0.3) is 0 Å². The second kappa shape index (κ2) is 7.70. The molecule has 0 aliphatic carbocycles. The van der Waals surface area contributed by atoms with E-state index in [1.54, 1.807) is 10.9 Å². The highest BCUT2D eigenvalue weighted by Gasteiger charge is 2.38. The van der Waals surface area contributed by atoms with Crippen molar-refractivity contribution in [3.8, 4) is 22.3 Å². The van der Waals surface area contributed by atoms with Gasteiger partial charge in [-0.1, -0.05) is 78.9 Å². The van der Waals surface area contributed by atoms with E-state index >= 15 is 0 Å². The van der Waals surface area contributed by atoms with Crippen LogP contribution in [0.25, 0.3) is 22.3 Å². The highest BCUT2D eigenvalue weighted by atomic mass is 31.2. The van der Waals surface area contributed by atoms with Gasteiger partial charge in [0.15, 0.2) is 0 Å². The van der Waals surface area contributed by atoms with Crippen molar-refractivity contribution in [2.24, 2.45) is 0 Å². The fraction of sp³-hybridized carbons (Fsp3) is 0. The summed E-state index contributed by atoms with van der Waals surface area (Å²) in [5.41, 5.74) is 4.99. The lowest BCUT2D eigenvalue weighted by Crippen LogP contribution is -2.19. The zero-order chi connectivity index (χ0) is 20.4. The Bertz CT molecular complexity index is 1180. The van der Waals surface area contributed by atoms with Crippen molar-refractivity contribution in [1.29, 1.82) is 0 Å². The van der Waals surface area contributed by atoms with Crippen molar-refractivity contribution in [3.63, 3.8) is 0 Å². The Morgan fingerprint density at radius 1 is 0.600 bits per heavy atom. The molecule has 0 aromatic heterocycles. The molecule has 0 fully saturated rings. The maximum Gasteiger partial charge on any atom is 0.377 e. The summed E-state index contributed by atoms with van der Waals surface area (Å²) in [6.07, 6.45) is 3.26. The zero-order valence-corrected chi connectivity index (χ0v) is 17.2. The van der Waals surface area contributed by atoms with Crippen LogP contribution in [0.15, 0.2) is 122 Å². The van der Waals surface area contributed by atoms with Crippen LogP contribution in [-0.2, 0) is 9.09 Å². The molecule has 1 aliphatic rings. The average Bonchev–Trinajstić information content (AvgIpc) is 3.23. The first kappa shape index (κ1) is 18.5. The minimum absolute atomic E-state index is 0.663. The third-order valence-corrected chi connectivity index (χ3v) is 7.42. The van der Waals surface area contributed by atoms with Gasteiger partial charge in [-0.3, -0.25) is 4.67 Å². The van der Waals surface area contributed by atoms with E-state index in [9.17, 15) is 4.57 Å². The minimum atomic E-state index is -3.33. The molecule has 1 unspecified atom stereocenters. The maximum atomic E-state index is 14.2. The number of nitrogens with zero attached hydrogens (tertiary/aromatic N) is 1. The largest absolute Gasteiger partial charge is 0.432 e. The summed E-state index contributed by atoms with van der Waals surface area (Å²) >= 11 is 0. The van der Waals surface area contributed by atoms with E-state index in [1.807, 2.05) is 78.9 Å². The predicted molar refractivity (Wildman–Crippen MR) is 124 cm³/mol. The molecule has 30 heavy (non-hydrogen) atoms. The summed E-state index contributed by atoms with van der Waals surface area (Å²) in [5, 5.41) is 0.663. The smallest absolute Gasteiger partial charge is 0.377 e. The van der Waals surface area contributed by atoms with E-state index in [-0.39, 0.29) is 0 Å². The Morgan fingerprint density at radius 2 is 1.10 bits per heavy atom. The number of anilines is 1. The lowest BCUT2D eigenvalue weighted by Gasteiger charge is -2.25. The fourth-order valence-electron chi connectivity index (χ4n) is 3.68. The number of rotatable bonds is 4. The van der Waals surface area contributed by atoms with Gasteiger partial charge in [-0.25, -0.2) is 4.57 Å². The van der Waals surface area contributed by atoms with E-state index in [0.29, 0.717) is 5.30 Å². The number of hydrogen-bond donors (Lipinski definition) is 0. The Hall–Kier alpha value is -3.55. The van der Waals surface area contributed by atoms with Gasteiger partial charge in [0.05, 0.1) is 11.0 Å². The normalized spacial score (nSPS) is 17.7. The lowest BCUT2D eigenvalue weighted by atomic mass is 9.99. The topological polar surface area (TPSA) is 29.5 Å². The van der Waals surface area contributed by atoms with Crippen LogP contribution < -0.4 is 9.97 Å². The van der Waals surface area contributed by atoms with Crippen LogP contribution in [0.2, 0.25) is 0 Å². The molecule has 0 saturated heterocycles. The first-order valence-electron chi connectivity index (χ1n) is 9.80. The molecule has 0 amide bonds. The second-order valence-electron chi connectivity index (χ2n) is 7.09. The van der Waals surface area contributed by atoms with Gasteiger partial charge < -0.3 is 4.52 Å². The van der Waals surface area contributed by atoms with Gasteiger partial charge in [0.2, 0.25) is 0 Å². The lowest BCUT2D eigenvalue weighted by molar-refractivity contribution is 0.462. The number of para-hydroxylation sites is 1. The summed E-state index contributed by atoms with van der Waals surface area (Å²) in [5.74, 6) is 0. The van der Waals surface area contributed by atoms with Gasteiger partial charge in [0, 0.05) is 6.20 Å². The van der Waals surface area contributed by atoms with Crippen molar-refractivity contribution in [3.05, 3.63) is 122 Å². The SMILES string of the molecule is O=P1(c2cc(-c3ccccc3)cc(-c3ccccc3)c2)OC=CN1c1ccccc1. The molecule has 0 N–H and O–H groups in total. The summed E-state index contributed by atoms with van der Waals surface area (Å²) in [6, 6.07) is 36.0. The van der Waals surface area contributed by atoms with Crippen LogP contribution in [-0.4, -0.2) is 0 Å². The number of hydrogen-bond acceptors (Lipinski definition) is 2. The quantitative estimate of drug-likeness (QED) is 0.345. The molecule has 3 nitrogen and oxygen atoms in total. The highest BCUT2D eigenvalue weighted by molar-refractivity contribution is 7.69. The first-order chi connectivity index (χ1) is 14.7. The zero-order valence-electron chi connectivity index (χ0n) is 16.3. The monoisotopic (exact) mass is 409 g/mol. The molecule has 0 radical (unpaired) electrons. The van der Waals surface area contributed by atoms with E-state index < -0.39 is 7.52 Å². The summed E-state index contributed by atoms with van der Waals surface area (Å²) < 4.78 is 21.7. The Labute approximate surface area is 176 Å². The van der Waals surface area contributed by atoms with Crippen molar-refractivity contribution in [1.82, 2.24) is 0 Å². The molecule has 4 heteroatoms. The number of benzene rings is 4. The van der Waals surface area contributed by atoms with Gasteiger partial charge in [-0.05, 0) is 52.6 Å². The van der Waals surface area contributed by atoms with Crippen LogP contribution in [0.3, 0.4) is 0 Å². The van der Waals surface area contributed by atoms with Crippen LogP contribution in [0, 0.1) is 0 Å². The summed E-state index contributed by atoms with van der Waals surface area (Å²) in [4.78, 5) is 0. The van der Waals surface area contributed by atoms with E-state index in [0.717, 1.165) is 27.9 Å². The molecule has 1 heterocycles. The molecule has 1 aliphatic heterocycles. The Balaban J connectivity index is 1.69. The van der Waals surface area contributed by atoms with Crippen LogP contribution >= 0.6 is 7.52 Å². The maximum absolute atomic E-state index is 14.2. The van der Waals surface area contributed by atoms with Crippen molar-refractivity contribution in [2.45, 2.75) is 0 Å². The summed E-state index contributed by atoms with van der Waals surface area (Å²) in [6.45, 7) is 0. The predicted octanol–water partition coefficient (Wildman–Crippen LogP) is 6.85. The van der Waals surface area contributed by atoms with Crippen molar-refractivity contribution in [2.75, 3.05) is 4.67 Å². The van der Waals surface area contributed by atoms with Gasteiger partial charge >= 0.3 is 7.52 Å². The fourth-order valence-corrected chi connectivity index (χ4v) is 5.64. The first-order valence-corrected chi connectivity index (χ1v) is 11.4. The molecule has 0 saturated carbocycles. The van der Waals surface area contributed by atoms with Crippen molar-refractivity contribution >= 4 is 18.5 Å². The van der Waals surface area contributed by atoms with E-state index in [4.69, 9.17) is 4.52 Å². The van der Waals surface area contributed by atoms with Gasteiger partial charge in [-0.15, -0.1) is 0 Å². The van der Waals surface area contributed by atoms with Crippen LogP contribution in [0.4, 0.5) is 5.69 Å². The molecule has 0 spiro atoms. The van der Waals surface area contributed by atoms with E-state index in [1.165, 1.54) is 6.26 Å². The molecular formula is C26H20NO2P. The van der Waals surface area contributed by atoms with Crippen molar-refractivity contribution < 1.29 is 9.09 Å². The van der Waals surface area contributed by atoms with E-state index in [2.05, 4.69) is 30.3 Å². The minimum Gasteiger partial charge on any atom is -0.432 e. The Kier molecular flexibility index (Phi) is 4.74. The molecule has 4 aromatic rings. The molecule has 146 valence electrons. The second-order valence-corrected chi connectivity index (χ2v) is 9.29. The van der Waals surface area contributed by atoms with Crippen LogP contribution in [0.1, 0.15) is 0 Å². The van der Waals surface area contributed by atoms with Gasteiger partial charge in [0.1, 0.15) is 6.26 Å². The highest BCUT2D eigenvalue weighted by Crippen LogP contribution is 2.56. The molecule has 4 aromatic carbocycles. The third-order valence-electron chi connectivity index (χ3n) is 5.17. The summed E-state index contributed by atoms with van der Waals surface area (Å²) in [7, 11) is -3.33.